The van der Waals surface area contributed by atoms with Gasteiger partial charge in [0.15, 0.2) is 0 Å². The molecule has 0 aliphatic carbocycles. The van der Waals surface area contributed by atoms with Crippen molar-refractivity contribution >= 4 is 49.6 Å². The normalized spacial score (nSPS) is 15.5. The summed E-state index contributed by atoms with van der Waals surface area (Å²) in [7, 11) is 0. The van der Waals surface area contributed by atoms with Crippen molar-refractivity contribution < 1.29 is 28.6 Å². The van der Waals surface area contributed by atoms with E-state index in [1.54, 1.807) is 0 Å². The average molecular weight is 471 g/mol. The lowest BCUT2D eigenvalue weighted by Crippen LogP contribution is -2.34. The summed E-state index contributed by atoms with van der Waals surface area (Å²) in [5, 5.41) is 0. The molecular weight excluding hydrogens is 450 g/mol. The summed E-state index contributed by atoms with van der Waals surface area (Å²) in [6.07, 6.45) is 0.182. The number of hydrogen-bond acceptors (Lipinski definition) is 6. The van der Waals surface area contributed by atoms with Gasteiger partial charge in [0, 0.05) is 0 Å². The SMILES string of the molecule is CC(C)(C)OC(=O)CCOCCOCCN1C(=O)C(Br)=C(Br)C1=O. The summed E-state index contributed by atoms with van der Waals surface area (Å²) in [4.78, 5) is 36.0. The van der Waals surface area contributed by atoms with Crippen molar-refractivity contribution in [3.05, 3.63) is 8.96 Å². The van der Waals surface area contributed by atoms with E-state index in [1.165, 1.54) is 0 Å². The average Bonchev–Trinajstić information content (AvgIpc) is 2.65. The van der Waals surface area contributed by atoms with Gasteiger partial charge in [0.25, 0.3) is 11.8 Å². The highest BCUT2D eigenvalue weighted by molar-refractivity contribution is 9.14. The molecule has 0 spiro atoms. The number of carbonyl (C=O) groups is 3. The van der Waals surface area contributed by atoms with E-state index >= 15 is 0 Å². The molecule has 9 heteroatoms. The van der Waals surface area contributed by atoms with E-state index < -0.39 is 5.60 Å². The minimum atomic E-state index is -0.497. The van der Waals surface area contributed by atoms with Gasteiger partial charge in [0.1, 0.15) is 14.6 Å². The van der Waals surface area contributed by atoms with Gasteiger partial charge in [-0.2, -0.15) is 0 Å². The number of hydrogen-bond donors (Lipinski definition) is 0. The zero-order valence-corrected chi connectivity index (χ0v) is 17.1. The van der Waals surface area contributed by atoms with Crippen LogP contribution < -0.4 is 0 Å². The van der Waals surface area contributed by atoms with Crippen LogP contribution in [0.5, 0.6) is 0 Å². The summed E-state index contributed by atoms with van der Waals surface area (Å²) in [6, 6.07) is 0. The first-order chi connectivity index (χ1) is 11.1. The van der Waals surface area contributed by atoms with E-state index in [2.05, 4.69) is 31.9 Å². The molecule has 1 aliphatic rings. The molecule has 1 rings (SSSR count). The quantitative estimate of drug-likeness (QED) is 0.291. The van der Waals surface area contributed by atoms with Crippen LogP contribution in [0.15, 0.2) is 8.96 Å². The maximum absolute atomic E-state index is 11.7. The van der Waals surface area contributed by atoms with Crippen LogP contribution in [-0.2, 0) is 28.6 Å². The van der Waals surface area contributed by atoms with Crippen LogP contribution >= 0.6 is 31.9 Å². The number of amides is 2. The fraction of sp³-hybridized carbons (Fsp3) is 0.667. The van der Waals surface area contributed by atoms with E-state index in [9.17, 15) is 14.4 Å². The van der Waals surface area contributed by atoms with Crippen molar-refractivity contribution in [1.82, 2.24) is 4.90 Å². The van der Waals surface area contributed by atoms with Crippen molar-refractivity contribution in [2.45, 2.75) is 32.8 Å². The Hall–Kier alpha value is -0.770. The second-order valence-corrected chi connectivity index (χ2v) is 7.54. The van der Waals surface area contributed by atoms with Crippen LogP contribution in [0.3, 0.4) is 0 Å². The molecule has 0 saturated carbocycles. The van der Waals surface area contributed by atoms with E-state index in [-0.39, 0.29) is 52.9 Å². The maximum Gasteiger partial charge on any atom is 0.308 e. The zero-order valence-electron chi connectivity index (χ0n) is 13.9. The Kier molecular flexibility index (Phi) is 8.55. The lowest BCUT2D eigenvalue weighted by Gasteiger charge is -2.19. The number of imide groups is 1. The van der Waals surface area contributed by atoms with Gasteiger partial charge in [0.2, 0.25) is 0 Å². The molecule has 0 saturated heterocycles. The van der Waals surface area contributed by atoms with Crippen LogP contribution in [0.1, 0.15) is 27.2 Å². The molecule has 1 aliphatic heterocycles. The van der Waals surface area contributed by atoms with Crippen LogP contribution in [0.2, 0.25) is 0 Å². The molecule has 0 fully saturated rings. The third kappa shape index (κ3) is 7.00. The second-order valence-electron chi connectivity index (χ2n) is 5.95. The summed E-state index contributed by atoms with van der Waals surface area (Å²) < 4.78 is 16.2. The van der Waals surface area contributed by atoms with Gasteiger partial charge in [0.05, 0.1) is 39.4 Å². The molecule has 1 heterocycles. The van der Waals surface area contributed by atoms with E-state index in [0.29, 0.717) is 13.2 Å². The van der Waals surface area contributed by atoms with Gasteiger partial charge in [-0.15, -0.1) is 0 Å². The Labute approximate surface area is 157 Å². The summed E-state index contributed by atoms with van der Waals surface area (Å²) in [5.74, 6) is -1.08. The first-order valence-corrected chi connectivity index (χ1v) is 9.01. The van der Waals surface area contributed by atoms with Crippen molar-refractivity contribution in [3.63, 3.8) is 0 Å². The fourth-order valence-electron chi connectivity index (χ4n) is 1.75. The summed E-state index contributed by atoms with van der Waals surface area (Å²) >= 11 is 6.11. The molecule has 136 valence electrons. The van der Waals surface area contributed by atoms with Crippen LogP contribution in [0.25, 0.3) is 0 Å². The Morgan fingerprint density at radius 1 is 0.958 bits per heavy atom. The van der Waals surface area contributed by atoms with E-state index in [4.69, 9.17) is 14.2 Å². The molecule has 0 aromatic rings. The largest absolute Gasteiger partial charge is 0.460 e. The first kappa shape index (κ1) is 21.3. The van der Waals surface area contributed by atoms with E-state index in [0.717, 1.165) is 4.90 Å². The Morgan fingerprint density at radius 2 is 1.46 bits per heavy atom. The highest BCUT2D eigenvalue weighted by Crippen LogP contribution is 2.28. The summed E-state index contributed by atoms with van der Waals surface area (Å²) in [6.45, 7) is 6.68. The second kappa shape index (κ2) is 9.65. The van der Waals surface area contributed by atoms with Crippen molar-refractivity contribution in [1.29, 1.82) is 0 Å². The number of nitrogens with zero attached hydrogens (tertiary/aromatic N) is 1. The standard InChI is InChI=1S/C15H21Br2NO6/c1-15(2,3)24-10(19)4-6-22-8-9-23-7-5-18-13(20)11(16)12(17)14(18)21/h4-9H2,1-3H3. The molecule has 0 atom stereocenters. The highest BCUT2D eigenvalue weighted by atomic mass is 79.9. The number of halogens is 2. The van der Waals surface area contributed by atoms with Gasteiger partial charge in [-0.1, -0.05) is 0 Å². The minimum Gasteiger partial charge on any atom is -0.460 e. The molecule has 0 unspecified atom stereocenters. The van der Waals surface area contributed by atoms with Crippen molar-refractivity contribution in [2.24, 2.45) is 0 Å². The van der Waals surface area contributed by atoms with Gasteiger partial charge in [-0.3, -0.25) is 19.3 Å². The van der Waals surface area contributed by atoms with Crippen LogP contribution in [0.4, 0.5) is 0 Å². The molecule has 0 N–H and O–H groups in total. The monoisotopic (exact) mass is 469 g/mol. The Balaban J connectivity index is 2.05. The molecular formula is C15H21Br2NO6. The predicted octanol–water partition coefficient (Wildman–Crippen LogP) is 2.12. The Morgan fingerprint density at radius 3 is 1.96 bits per heavy atom. The van der Waals surface area contributed by atoms with Gasteiger partial charge < -0.3 is 14.2 Å². The number of esters is 1. The molecule has 0 aromatic carbocycles. The van der Waals surface area contributed by atoms with Gasteiger partial charge in [-0.05, 0) is 52.6 Å². The molecule has 2 amide bonds. The van der Waals surface area contributed by atoms with Gasteiger partial charge in [-0.25, -0.2) is 0 Å². The molecule has 0 aromatic heterocycles. The van der Waals surface area contributed by atoms with Crippen molar-refractivity contribution in [2.75, 3.05) is 33.0 Å². The topological polar surface area (TPSA) is 82.1 Å². The third-order valence-corrected chi connectivity index (χ3v) is 4.76. The highest BCUT2D eigenvalue weighted by Gasteiger charge is 2.35. The fourth-order valence-corrected chi connectivity index (χ4v) is 2.51. The molecule has 7 nitrogen and oxygen atoms in total. The third-order valence-electron chi connectivity index (χ3n) is 2.76. The molecule has 24 heavy (non-hydrogen) atoms. The minimum absolute atomic E-state index is 0.166. The summed E-state index contributed by atoms with van der Waals surface area (Å²) in [5.41, 5.74) is -0.497. The number of rotatable bonds is 9. The maximum atomic E-state index is 11.7. The van der Waals surface area contributed by atoms with Crippen LogP contribution in [0, 0.1) is 0 Å². The van der Waals surface area contributed by atoms with Gasteiger partial charge >= 0.3 is 5.97 Å². The van der Waals surface area contributed by atoms with Crippen molar-refractivity contribution in [3.8, 4) is 0 Å². The lowest BCUT2D eigenvalue weighted by atomic mass is 10.2. The predicted molar refractivity (Wildman–Crippen MR) is 93.7 cm³/mol. The lowest BCUT2D eigenvalue weighted by molar-refractivity contribution is -0.156. The van der Waals surface area contributed by atoms with Crippen LogP contribution in [-0.4, -0.2) is 61.3 Å². The molecule has 0 bridgehead atoms. The smallest absolute Gasteiger partial charge is 0.308 e. The first-order valence-electron chi connectivity index (χ1n) is 7.42. The molecule has 0 radical (unpaired) electrons. The zero-order chi connectivity index (χ0) is 18.3. The van der Waals surface area contributed by atoms with E-state index in [1.807, 2.05) is 20.8 Å². The number of ether oxygens (including phenoxy) is 3. The Bertz CT molecular complexity index is 503. The number of carbonyl (C=O) groups excluding carboxylic acids is 3.